The number of halogens is 2. The number of hydrogen-bond donors (Lipinski definition) is 0. The summed E-state index contributed by atoms with van der Waals surface area (Å²) in [5.41, 5.74) is 3.05. The predicted octanol–water partition coefficient (Wildman–Crippen LogP) is 2.86. The van der Waals surface area contributed by atoms with Crippen LogP contribution in [0.3, 0.4) is 0 Å². The second kappa shape index (κ2) is 4.75. The maximum Gasteiger partial charge on any atom is 0.274 e. The number of benzene rings is 1. The molecule has 0 saturated heterocycles. The van der Waals surface area contributed by atoms with Gasteiger partial charge in [-0.15, -0.1) is 0 Å². The van der Waals surface area contributed by atoms with Gasteiger partial charge in [-0.2, -0.15) is 0 Å². The quantitative estimate of drug-likeness (QED) is 0.783. The van der Waals surface area contributed by atoms with Crippen LogP contribution in [0, 0.1) is 13.8 Å². The summed E-state index contributed by atoms with van der Waals surface area (Å²) in [6.45, 7) is 4.11. The standard InChI is InChI=1S/C13H11Cl2NO2/c1-7-3-4-9(8(2)5-7)6-16-12(17)10(14)11(15)13(16)18/h3-5H,6H2,1-2H3. The normalized spacial score (nSPS) is 15.9. The molecule has 0 aliphatic carbocycles. The molecule has 1 aromatic rings. The number of carbonyl (C=O) groups excluding carboxylic acids is 2. The van der Waals surface area contributed by atoms with Gasteiger partial charge in [0.1, 0.15) is 10.1 Å². The molecular formula is C13H11Cl2NO2. The third-order valence-corrected chi connectivity index (χ3v) is 3.68. The zero-order valence-electron chi connectivity index (χ0n) is 9.96. The molecule has 5 heteroatoms. The maximum atomic E-state index is 11.7. The lowest BCUT2D eigenvalue weighted by atomic mass is 10.1. The van der Waals surface area contributed by atoms with E-state index in [-0.39, 0.29) is 16.6 Å². The number of aryl methyl sites for hydroxylation is 2. The topological polar surface area (TPSA) is 37.4 Å². The molecule has 3 nitrogen and oxygen atoms in total. The minimum Gasteiger partial charge on any atom is -0.268 e. The van der Waals surface area contributed by atoms with Crippen molar-refractivity contribution in [1.82, 2.24) is 4.90 Å². The van der Waals surface area contributed by atoms with E-state index in [9.17, 15) is 9.59 Å². The molecule has 18 heavy (non-hydrogen) atoms. The Bertz CT molecular complexity index is 554. The Kier molecular flexibility index (Phi) is 3.46. The molecular weight excluding hydrogens is 273 g/mol. The van der Waals surface area contributed by atoms with Crippen LogP contribution in [-0.4, -0.2) is 16.7 Å². The van der Waals surface area contributed by atoms with Gasteiger partial charge >= 0.3 is 0 Å². The van der Waals surface area contributed by atoms with Gasteiger partial charge in [0.25, 0.3) is 11.8 Å². The second-order valence-corrected chi connectivity index (χ2v) is 5.01. The Morgan fingerprint density at radius 3 is 2.11 bits per heavy atom. The van der Waals surface area contributed by atoms with Crippen LogP contribution >= 0.6 is 23.2 Å². The Hall–Kier alpha value is -1.32. The lowest BCUT2D eigenvalue weighted by Gasteiger charge is -2.16. The van der Waals surface area contributed by atoms with Crippen LogP contribution in [0.5, 0.6) is 0 Å². The van der Waals surface area contributed by atoms with Crippen molar-refractivity contribution in [2.45, 2.75) is 20.4 Å². The first-order valence-corrected chi connectivity index (χ1v) is 6.15. The third kappa shape index (κ3) is 2.16. The zero-order chi connectivity index (χ0) is 13.4. The molecule has 0 aromatic heterocycles. The molecule has 0 N–H and O–H groups in total. The zero-order valence-corrected chi connectivity index (χ0v) is 11.5. The molecule has 2 rings (SSSR count). The maximum absolute atomic E-state index is 11.7. The van der Waals surface area contributed by atoms with Crippen LogP contribution in [-0.2, 0) is 16.1 Å². The van der Waals surface area contributed by atoms with E-state index in [2.05, 4.69) is 0 Å². The van der Waals surface area contributed by atoms with E-state index < -0.39 is 11.8 Å². The number of nitrogens with zero attached hydrogens (tertiary/aromatic N) is 1. The molecule has 94 valence electrons. The van der Waals surface area contributed by atoms with Crippen molar-refractivity contribution in [2.75, 3.05) is 0 Å². The smallest absolute Gasteiger partial charge is 0.268 e. The van der Waals surface area contributed by atoms with Crippen molar-refractivity contribution in [2.24, 2.45) is 0 Å². The average molecular weight is 284 g/mol. The average Bonchev–Trinajstić information content (AvgIpc) is 2.50. The summed E-state index contributed by atoms with van der Waals surface area (Å²) in [4.78, 5) is 24.5. The first-order valence-electron chi connectivity index (χ1n) is 5.39. The van der Waals surface area contributed by atoms with Crippen molar-refractivity contribution in [3.63, 3.8) is 0 Å². The van der Waals surface area contributed by atoms with E-state index in [4.69, 9.17) is 23.2 Å². The summed E-state index contributed by atoms with van der Waals surface area (Å²) in [5, 5.41) is -0.405. The van der Waals surface area contributed by atoms with Crippen molar-refractivity contribution < 1.29 is 9.59 Å². The van der Waals surface area contributed by atoms with E-state index in [0.717, 1.165) is 21.6 Å². The monoisotopic (exact) mass is 283 g/mol. The van der Waals surface area contributed by atoms with Gasteiger partial charge in [-0.05, 0) is 25.0 Å². The number of carbonyl (C=O) groups is 2. The second-order valence-electron chi connectivity index (χ2n) is 4.25. The van der Waals surface area contributed by atoms with Crippen LogP contribution < -0.4 is 0 Å². The first-order chi connectivity index (χ1) is 8.41. The van der Waals surface area contributed by atoms with Gasteiger partial charge in [0.15, 0.2) is 0 Å². The number of hydrogen-bond acceptors (Lipinski definition) is 2. The number of imide groups is 1. The van der Waals surface area contributed by atoms with E-state index in [1.165, 1.54) is 0 Å². The summed E-state index contributed by atoms with van der Waals surface area (Å²) in [6.07, 6.45) is 0. The molecule has 0 fully saturated rings. The lowest BCUT2D eigenvalue weighted by molar-refractivity contribution is -0.137. The highest BCUT2D eigenvalue weighted by Gasteiger charge is 2.36. The third-order valence-electron chi connectivity index (χ3n) is 2.89. The first kappa shape index (κ1) is 13.1. The molecule has 0 atom stereocenters. The summed E-state index contributed by atoms with van der Waals surface area (Å²) < 4.78 is 0. The van der Waals surface area contributed by atoms with Crippen LogP contribution in [0.4, 0.5) is 0 Å². The van der Waals surface area contributed by atoms with E-state index in [0.29, 0.717) is 0 Å². The van der Waals surface area contributed by atoms with Crippen LogP contribution in [0.25, 0.3) is 0 Å². The summed E-state index contributed by atoms with van der Waals surface area (Å²) in [5.74, 6) is -1.07. The Morgan fingerprint density at radius 1 is 1.06 bits per heavy atom. The van der Waals surface area contributed by atoms with Crippen LogP contribution in [0.1, 0.15) is 16.7 Å². The fourth-order valence-corrected chi connectivity index (χ4v) is 2.22. The van der Waals surface area contributed by atoms with Gasteiger partial charge in [-0.1, -0.05) is 47.0 Å². The highest BCUT2D eigenvalue weighted by molar-refractivity contribution is 6.58. The van der Waals surface area contributed by atoms with E-state index in [1.54, 1.807) is 0 Å². The molecule has 1 aliphatic heterocycles. The Balaban J connectivity index is 2.26. The van der Waals surface area contributed by atoms with E-state index >= 15 is 0 Å². The van der Waals surface area contributed by atoms with Gasteiger partial charge in [-0.3, -0.25) is 14.5 Å². The van der Waals surface area contributed by atoms with Crippen molar-refractivity contribution in [3.8, 4) is 0 Å². The van der Waals surface area contributed by atoms with Gasteiger partial charge in [0.05, 0.1) is 6.54 Å². The number of amides is 2. The number of rotatable bonds is 2. The van der Waals surface area contributed by atoms with Crippen LogP contribution in [0.2, 0.25) is 0 Å². The summed E-state index contributed by atoms with van der Waals surface area (Å²) >= 11 is 11.3. The van der Waals surface area contributed by atoms with E-state index in [1.807, 2.05) is 32.0 Å². The summed E-state index contributed by atoms with van der Waals surface area (Å²) in [7, 11) is 0. The molecule has 1 aliphatic rings. The molecule has 0 radical (unpaired) electrons. The van der Waals surface area contributed by atoms with Gasteiger partial charge in [0.2, 0.25) is 0 Å². The highest BCUT2D eigenvalue weighted by atomic mass is 35.5. The van der Waals surface area contributed by atoms with Crippen molar-refractivity contribution in [1.29, 1.82) is 0 Å². The lowest BCUT2D eigenvalue weighted by Crippen LogP contribution is -2.30. The molecule has 2 amide bonds. The molecule has 0 bridgehead atoms. The van der Waals surface area contributed by atoms with Gasteiger partial charge < -0.3 is 0 Å². The van der Waals surface area contributed by atoms with Gasteiger partial charge in [-0.25, -0.2) is 0 Å². The SMILES string of the molecule is Cc1ccc(CN2C(=O)C(Cl)=C(Cl)C2=O)c(C)c1. The van der Waals surface area contributed by atoms with Crippen molar-refractivity contribution >= 4 is 35.0 Å². The molecule has 0 saturated carbocycles. The predicted molar refractivity (Wildman–Crippen MR) is 70.2 cm³/mol. The molecule has 0 spiro atoms. The highest BCUT2D eigenvalue weighted by Crippen LogP contribution is 2.28. The minimum atomic E-state index is -0.536. The molecule has 1 heterocycles. The largest absolute Gasteiger partial charge is 0.274 e. The molecule has 0 unspecified atom stereocenters. The van der Waals surface area contributed by atoms with Crippen molar-refractivity contribution in [3.05, 3.63) is 45.0 Å². The fourth-order valence-electron chi connectivity index (χ4n) is 1.85. The minimum absolute atomic E-state index is 0.191. The summed E-state index contributed by atoms with van der Waals surface area (Å²) in [6, 6.07) is 5.83. The van der Waals surface area contributed by atoms with Crippen LogP contribution in [0.15, 0.2) is 28.3 Å². The fraction of sp³-hybridized carbons (Fsp3) is 0.231. The molecule has 1 aromatic carbocycles. The van der Waals surface area contributed by atoms with Gasteiger partial charge in [0, 0.05) is 0 Å². The Morgan fingerprint density at radius 2 is 1.61 bits per heavy atom. The Labute approximate surface area is 115 Å².